The van der Waals surface area contributed by atoms with Gasteiger partial charge in [-0.05, 0) is 54.0 Å². The Morgan fingerprint density at radius 2 is 2.13 bits per heavy atom. The molecule has 80 valence electrons. The summed E-state index contributed by atoms with van der Waals surface area (Å²) in [4.78, 5) is 0. The maximum absolute atomic E-state index is 5.53. The molecule has 0 aliphatic heterocycles. The predicted octanol–water partition coefficient (Wildman–Crippen LogP) is 3.06. The van der Waals surface area contributed by atoms with E-state index in [9.17, 15) is 0 Å². The number of nitrogens with zero attached hydrogens (tertiary/aromatic N) is 1. The molecule has 0 radical (unpaired) electrons. The van der Waals surface area contributed by atoms with E-state index < -0.39 is 0 Å². The highest BCUT2D eigenvalue weighted by molar-refractivity contribution is 9.10. The number of fused-ring (bicyclic) bond motifs is 1. The molecule has 0 saturated heterocycles. The lowest BCUT2D eigenvalue weighted by Crippen LogP contribution is -2.05. The van der Waals surface area contributed by atoms with Crippen LogP contribution in [0.2, 0.25) is 0 Å². The Morgan fingerprint density at radius 3 is 2.87 bits per heavy atom. The lowest BCUT2D eigenvalue weighted by molar-refractivity contribution is 0.661. The van der Waals surface area contributed by atoms with E-state index in [-0.39, 0.29) is 0 Å². The Kier molecular flexibility index (Phi) is 3.12. The summed E-state index contributed by atoms with van der Waals surface area (Å²) >= 11 is 3.59. The third-order valence-electron chi connectivity index (χ3n) is 2.59. The molecule has 0 spiro atoms. The summed E-state index contributed by atoms with van der Waals surface area (Å²) in [5, 5.41) is 1.29. The van der Waals surface area contributed by atoms with Crippen LogP contribution in [0.4, 0.5) is 0 Å². The van der Waals surface area contributed by atoms with Crippen molar-refractivity contribution in [2.75, 3.05) is 6.54 Å². The molecule has 0 fully saturated rings. The Bertz CT molecular complexity index is 474. The van der Waals surface area contributed by atoms with Crippen molar-refractivity contribution in [1.29, 1.82) is 0 Å². The third kappa shape index (κ3) is 2.08. The van der Waals surface area contributed by atoms with Gasteiger partial charge in [-0.3, -0.25) is 0 Å². The quantitative estimate of drug-likeness (QED) is 0.910. The van der Waals surface area contributed by atoms with Gasteiger partial charge in [-0.1, -0.05) is 11.6 Å². The second-order valence-corrected chi connectivity index (χ2v) is 4.64. The van der Waals surface area contributed by atoms with Crippen LogP contribution >= 0.6 is 15.9 Å². The van der Waals surface area contributed by atoms with E-state index >= 15 is 0 Å². The predicted molar refractivity (Wildman–Crippen MR) is 68.0 cm³/mol. The number of benzene rings is 1. The van der Waals surface area contributed by atoms with Crippen molar-refractivity contribution in [3.05, 3.63) is 34.4 Å². The van der Waals surface area contributed by atoms with Crippen LogP contribution in [0.3, 0.4) is 0 Å². The van der Waals surface area contributed by atoms with Gasteiger partial charge in [0.2, 0.25) is 0 Å². The van der Waals surface area contributed by atoms with Gasteiger partial charge in [0.05, 0.1) is 4.60 Å². The lowest BCUT2D eigenvalue weighted by Gasteiger charge is -2.06. The minimum atomic E-state index is 0.734. The average molecular weight is 267 g/mol. The molecule has 0 amide bonds. The molecule has 2 nitrogen and oxygen atoms in total. The summed E-state index contributed by atoms with van der Waals surface area (Å²) < 4.78 is 3.40. The van der Waals surface area contributed by atoms with Crippen LogP contribution in [0.5, 0.6) is 0 Å². The minimum Gasteiger partial charge on any atom is -0.335 e. The fourth-order valence-corrected chi connectivity index (χ4v) is 2.45. The van der Waals surface area contributed by atoms with Crippen LogP contribution in [-0.2, 0) is 6.54 Å². The monoisotopic (exact) mass is 266 g/mol. The molecule has 0 atom stereocenters. The van der Waals surface area contributed by atoms with Crippen LogP contribution in [0.15, 0.2) is 28.9 Å². The molecule has 2 N–H and O–H groups in total. The molecule has 1 aromatic heterocycles. The van der Waals surface area contributed by atoms with Gasteiger partial charge in [-0.25, -0.2) is 0 Å². The Labute approximate surface area is 98.2 Å². The first-order valence-corrected chi connectivity index (χ1v) is 5.97. The summed E-state index contributed by atoms with van der Waals surface area (Å²) in [5.41, 5.74) is 8.11. The van der Waals surface area contributed by atoms with Gasteiger partial charge in [0.15, 0.2) is 0 Å². The zero-order valence-electron chi connectivity index (χ0n) is 8.83. The fourth-order valence-electron chi connectivity index (χ4n) is 1.83. The fraction of sp³-hybridized carbons (Fsp3) is 0.333. The van der Waals surface area contributed by atoms with Crippen molar-refractivity contribution in [2.45, 2.75) is 19.9 Å². The molecule has 1 heterocycles. The highest BCUT2D eigenvalue weighted by atomic mass is 79.9. The lowest BCUT2D eigenvalue weighted by atomic mass is 10.2. The second kappa shape index (κ2) is 4.37. The largest absolute Gasteiger partial charge is 0.335 e. The van der Waals surface area contributed by atoms with Gasteiger partial charge in [0.1, 0.15) is 0 Å². The van der Waals surface area contributed by atoms with E-state index in [0.717, 1.165) is 24.1 Å². The highest BCUT2D eigenvalue weighted by Crippen LogP contribution is 2.25. The smallest absolute Gasteiger partial charge is 0.0857 e. The molecule has 0 aliphatic carbocycles. The van der Waals surface area contributed by atoms with Gasteiger partial charge in [-0.2, -0.15) is 0 Å². The third-order valence-corrected chi connectivity index (χ3v) is 3.25. The molecule has 2 aromatic rings. The van der Waals surface area contributed by atoms with E-state index in [2.05, 4.69) is 51.7 Å². The van der Waals surface area contributed by atoms with Gasteiger partial charge >= 0.3 is 0 Å². The molecule has 0 aliphatic rings. The summed E-state index contributed by atoms with van der Waals surface area (Å²) in [6.07, 6.45) is 1.01. The van der Waals surface area contributed by atoms with Gasteiger partial charge in [0.25, 0.3) is 0 Å². The molecule has 15 heavy (non-hydrogen) atoms. The van der Waals surface area contributed by atoms with E-state index in [1.165, 1.54) is 16.5 Å². The number of halogens is 1. The molecular weight excluding hydrogens is 252 g/mol. The van der Waals surface area contributed by atoms with Crippen molar-refractivity contribution in [2.24, 2.45) is 5.73 Å². The summed E-state index contributed by atoms with van der Waals surface area (Å²) in [6, 6.07) is 8.69. The number of hydrogen-bond acceptors (Lipinski definition) is 1. The first kappa shape index (κ1) is 10.7. The summed E-state index contributed by atoms with van der Waals surface area (Å²) in [7, 11) is 0. The molecule has 0 unspecified atom stereocenters. The summed E-state index contributed by atoms with van der Waals surface area (Å²) in [6.45, 7) is 3.83. The minimum absolute atomic E-state index is 0.734. The van der Waals surface area contributed by atoms with E-state index in [1.807, 2.05) is 0 Å². The maximum atomic E-state index is 5.53. The molecule has 2 rings (SSSR count). The van der Waals surface area contributed by atoms with Gasteiger partial charge < -0.3 is 10.3 Å². The van der Waals surface area contributed by atoms with Crippen molar-refractivity contribution >= 4 is 26.8 Å². The van der Waals surface area contributed by atoms with Crippen LogP contribution in [0.1, 0.15) is 12.0 Å². The van der Waals surface area contributed by atoms with E-state index in [1.54, 1.807) is 0 Å². The molecule has 0 saturated carbocycles. The zero-order chi connectivity index (χ0) is 10.8. The normalized spacial score (nSPS) is 11.1. The standard InChI is InChI=1S/C12H15BrN2/c1-9-3-4-11-10(7-9)8-12(13)15(11)6-2-5-14/h3-4,7-8H,2,5-6,14H2,1H3. The van der Waals surface area contributed by atoms with E-state index in [0.29, 0.717) is 0 Å². The number of hydrogen-bond donors (Lipinski definition) is 1. The number of rotatable bonds is 3. The molecule has 1 aromatic carbocycles. The topological polar surface area (TPSA) is 30.9 Å². The van der Waals surface area contributed by atoms with Crippen molar-refractivity contribution in [3.63, 3.8) is 0 Å². The van der Waals surface area contributed by atoms with Crippen LogP contribution < -0.4 is 5.73 Å². The number of aryl methyl sites for hydroxylation is 2. The van der Waals surface area contributed by atoms with Gasteiger partial charge in [-0.15, -0.1) is 0 Å². The first-order chi connectivity index (χ1) is 7.22. The first-order valence-electron chi connectivity index (χ1n) is 5.18. The Morgan fingerprint density at radius 1 is 1.33 bits per heavy atom. The number of nitrogens with two attached hydrogens (primary N) is 1. The maximum Gasteiger partial charge on any atom is 0.0857 e. The zero-order valence-corrected chi connectivity index (χ0v) is 10.4. The van der Waals surface area contributed by atoms with Crippen molar-refractivity contribution in [1.82, 2.24) is 4.57 Å². The second-order valence-electron chi connectivity index (χ2n) is 3.82. The average Bonchev–Trinajstić information content (AvgIpc) is 2.50. The van der Waals surface area contributed by atoms with Crippen molar-refractivity contribution < 1.29 is 0 Å². The van der Waals surface area contributed by atoms with Crippen LogP contribution in [0, 0.1) is 6.92 Å². The SMILES string of the molecule is Cc1ccc2c(c1)cc(Br)n2CCCN. The summed E-state index contributed by atoms with van der Waals surface area (Å²) in [5.74, 6) is 0. The van der Waals surface area contributed by atoms with Crippen LogP contribution in [-0.4, -0.2) is 11.1 Å². The Hall–Kier alpha value is -0.800. The van der Waals surface area contributed by atoms with Gasteiger partial charge in [0, 0.05) is 17.4 Å². The van der Waals surface area contributed by atoms with E-state index in [4.69, 9.17) is 5.73 Å². The molecule has 3 heteroatoms. The van der Waals surface area contributed by atoms with Crippen LogP contribution in [0.25, 0.3) is 10.9 Å². The van der Waals surface area contributed by atoms with Crippen molar-refractivity contribution in [3.8, 4) is 0 Å². The molecular formula is C12H15BrN2. The Balaban J connectivity index is 2.48. The highest BCUT2D eigenvalue weighted by Gasteiger charge is 2.05. The molecule has 0 bridgehead atoms. The number of aromatic nitrogens is 1.